The van der Waals surface area contributed by atoms with Crippen LogP contribution in [0.2, 0.25) is 0 Å². The first-order valence-corrected chi connectivity index (χ1v) is 4.88. The van der Waals surface area contributed by atoms with Gasteiger partial charge in [-0.2, -0.15) is 5.10 Å². The van der Waals surface area contributed by atoms with Gasteiger partial charge in [0.15, 0.2) is 11.6 Å². The topological polar surface area (TPSA) is 72.2 Å². The molecule has 1 heterocycles. The van der Waals surface area contributed by atoms with Crippen molar-refractivity contribution in [3.05, 3.63) is 57.8 Å². The molecule has 0 bridgehead atoms. The Morgan fingerprint density at radius 2 is 1.79 bits per heavy atom. The third kappa shape index (κ3) is 2.32. The average molecular weight is 270 g/mol. The van der Waals surface area contributed by atoms with E-state index in [0.29, 0.717) is 16.8 Å². The summed E-state index contributed by atoms with van der Waals surface area (Å²) in [7, 11) is 0. The molecule has 0 saturated carbocycles. The summed E-state index contributed by atoms with van der Waals surface area (Å²) in [6.45, 7) is 0. The van der Waals surface area contributed by atoms with Crippen molar-refractivity contribution in [1.82, 2.24) is 9.78 Å². The number of carboxylic acids is 1. The predicted molar refractivity (Wildman–Crippen MR) is 56.7 cm³/mol. The number of halogens is 3. The molecule has 98 valence electrons. The van der Waals surface area contributed by atoms with Crippen LogP contribution in [0.4, 0.5) is 13.2 Å². The first-order chi connectivity index (χ1) is 8.90. The van der Waals surface area contributed by atoms with Crippen molar-refractivity contribution in [2.75, 3.05) is 0 Å². The van der Waals surface area contributed by atoms with Gasteiger partial charge in [0.1, 0.15) is 11.5 Å². The Hall–Kier alpha value is -2.64. The molecule has 0 aliphatic rings. The van der Waals surface area contributed by atoms with E-state index in [9.17, 15) is 22.8 Å². The van der Waals surface area contributed by atoms with Crippen LogP contribution >= 0.6 is 0 Å². The zero-order chi connectivity index (χ0) is 14.2. The SMILES string of the molecule is O=C(O)c1nn(-c2c(F)cc(F)cc2F)ccc1=O. The van der Waals surface area contributed by atoms with Gasteiger partial charge in [0.25, 0.3) is 0 Å². The van der Waals surface area contributed by atoms with E-state index in [1.807, 2.05) is 0 Å². The number of aromatic nitrogens is 2. The molecular formula is C11H5F3N2O3. The number of carbonyl (C=O) groups is 1. The maximum Gasteiger partial charge on any atom is 0.360 e. The highest BCUT2D eigenvalue weighted by atomic mass is 19.1. The first kappa shape index (κ1) is 12.8. The zero-order valence-corrected chi connectivity index (χ0v) is 9.10. The van der Waals surface area contributed by atoms with Gasteiger partial charge >= 0.3 is 5.97 Å². The maximum absolute atomic E-state index is 13.5. The van der Waals surface area contributed by atoms with Crippen molar-refractivity contribution in [2.45, 2.75) is 0 Å². The summed E-state index contributed by atoms with van der Waals surface area (Å²) in [5.74, 6) is -5.31. The Kier molecular flexibility index (Phi) is 3.07. The molecule has 19 heavy (non-hydrogen) atoms. The summed E-state index contributed by atoms with van der Waals surface area (Å²) in [6, 6.07) is 1.62. The van der Waals surface area contributed by atoms with Crippen molar-refractivity contribution in [3.63, 3.8) is 0 Å². The van der Waals surface area contributed by atoms with Gasteiger partial charge in [-0.3, -0.25) is 4.79 Å². The van der Waals surface area contributed by atoms with E-state index >= 15 is 0 Å². The summed E-state index contributed by atoms with van der Waals surface area (Å²) < 4.78 is 40.2. The molecule has 5 nitrogen and oxygen atoms in total. The molecule has 0 atom stereocenters. The van der Waals surface area contributed by atoms with Crippen LogP contribution in [0.15, 0.2) is 29.2 Å². The zero-order valence-electron chi connectivity index (χ0n) is 9.10. The van der Waals surface area contributed by atoms with Gasteiger partial charge in [-0.15, -0.1) is 0 Å². The second kappa shape index (κ2) is 4.56. The van der Waals surface area contributed by atoms with Gasteiger partial charge in [0.2, 0.25) is 11.1 Å². The second-order valence-corrected chi connectivity index (χ2v) is 3.50. The third-order valence-corrected chi connectivity index (χ3v) is 2.22. The molecule has 0 spiro atoms. The lowest BCUT2D eigenvalue weighted by molar-refractivity contribution is 0.0686. The monoisotopic (exact) mass is 270 g/mol. The van der Waals surface area contributed by atoms with Crippen LogP contribution in [0.1, 0.15) is 10.5 Å². The molecule has 0 radical (unpaired) electrons. The molecule has 0 saturated heterocycles. The Balaban J connectivity index is 2.70. The molecule has 1 N–H and O–H groups in total. The average Bonchev–Trinajstić information content (AvgIpc) is 2.29. The minimum atomic E-state index is -1.64. The lowest BCUT2D eigenvalue weighted by Crippen LogP contribution is -2.21. The van der Waals surface area contributed by atoms with Crippen molar-refractivity contribution in [1.29, 1.82) is 0 Å². The minimum Gasteiger partial charge on any atom is -0.476 e. The Morgan fingerprint density at radius 1 is 1.21 bits per heavy atom. The summed E-state index contributed by atoms with van der Waals surface area (Å²) >= 11 is 0. The molecule has 0 fully saturated rings. The van der Waals surface area contributed by atoms with Crippen molar-refractivity contribution >= 4 is 5.97 Å². The van der Waals surface area contributed by atoms with E-state index in [0.717, 1.165) is 12.3 Å². The number of rotatable bonds is 2. The van der Waals surface area contributed by atoms with Crippen LogP contribution in [0.25, 0.3) is 5.69 Å². The fourth-order valence-corrected chi connectivity index (χ4v) is 1.43. The van der Waals surface area contributed by atoms with Crippen molar-refractivity contribution in [3.8, 4) is 5.69 Å². The van der Waals surface area contributed by atoms with E-state index in [1.165, 1.54) is 0 Å². The third-order valence-electron chi connectivity index (χ3n) is 2.22. The van der Waals surface area contributed by atoms with E-state index < -0.39 is 40.2 Å². The number of aromatic carboxylic acids is 1. The van der Waals surface area contributed by atoms with Gasteiger partial charge < -0.3 is 5.11 Å². The number of carboxylic acid groups (broad SMARTS) is 1. The Morgan fingerprint density at radius 3 is 2.32 bits per heavy atom. The second-order valence-electron chi connectivity index (χ2n) is 3.50. The molecule has 0 unspecified atom stereocenters. The van der Waals surface area contributed by atoms with Crippen LogP contribution < -0.4 is 5.43 Å². The standard InChI is InChI=1S/C11H5F3N2O3/c12-5-3-6(13)10(7(14)4-5)16-2-1-8(17)9(15-16)11(18)19/h1-4H,(H,18,19). The molecule has 0 aliphatic carbocycles. The highest BCUT2D eigenvalue weighted by molar-refractivity contribution is 5.84. The Bertz CT molecular complexity index is 704. The summed E-state index contributed by atoms with van der Waals surface area (Å²) in [5.41, 5.74) is -2.58. The summed E-state index contributed by atoms with van der Waals surface area (Å²) in [5, 5.41) is 12.0. The molecule has 0 amide bonds. The van der Waals surface area contributed by atoms with Gasteiger partial charge in [-0.1, -0.05) is 0 Å². The molecule has 2 rings (SSSR count). The fraction of sp³-hybridized carbons (Fsp3) is 0. The molecule has 1 aromatic heterocycles. The lowest BCUT2D eigenvalue weighted by Gasteiger charge is -2.08. The highest BCUT2D eigenvalue weighted by Gasteiger charge is 2.17. The number of hydrogen-bond acceptors (Lipinski definition) is 3. The predicted octanol–water partition coefficient (Wildman–Crippen LogP) is 1.35. The largest absolute Gasteiger partial charge is 0.476 e. The Labute approximate surface area is 103 Å². The van der Waals surface area contributed by atoms with Crippen LogP contribution in [0, 0.1) is 17.5 Å². The van der Waals surface area contributed by atoms with Gasteiger partial charge in [0, 0.05) is 24.4 Å². The molecule has 2 aromatic rings. The lowest BCUT2D eigenvalue weighted by atomic mass is 10.2. The summed E-state index contributed by atoms with van der Waals surface area (Å²) in [4.78, 5) is 21.9. The quantitative estimate of drug-likeness (QED) is 0.894. The molecule has 1 aromatic carbocycles. The normalized spacial score (nSPS) is 10.5. The van der Waals surface area contributed by atoms with Crippen LogP contribution in [-0.4, -0.2) is 20.9 Å². The van der Waals surface area contributed by atoms with Crippen molar-refractivity contribution in [2.24, 2.45) is 0 Å². The summed E-state index contributed by atoms with van der Waals surface area (Å²) in [6.07, 6.45) is 0.883. The van der Waals surface area contributed by atoms with E-state index in [4.69, 9.17) is 5.11 Å². The van der Waals surface area contributed by atoms with Crippen LogP contribution in [-0.2, 0) is 0 Å². The van der Waals surface area contributed by atoms with Gasteiger partial charge in [0.05, 0.1) is 0 Å². The number of benzene rings is 1. The highest BCUT2D eigenvalue weighted by Crippen LogP contribution is 2.17. The van der Waals surface area contributed by atoms with E-state index in [1.54, 1.807) is 0 Å². The molecule has 8 heteroatoms. The smallest absolute Gasteiger partial charge is 0.360 e. The minimum absolute atomic E-state index is 0.415. The first-order valence-electron chi connectivity index (χ1n) is 4.88. The number of nitrogens with zero attached hydrogens (tertiary/aromatic N) is 2. The number of hydrogen-bond donors (Lipinski definition) is 1. The van der Waals surface area contributed by atoms with E-state index in [-0.39, 0.29) is 0 Å². The van der Waals surface area contributed by atoms with Gasteiger partial charge in [-0.25, -0.2) is 22.6 Å². The maximum atomic E-state index is 13.5. The van der Waals surface area contributed by atoms with Crippen LogP contribution in [0.3, 0.4) is 0 Å². The molecular weight excluding hydrogens is 265 g/mol. The van der Waals surface area contributed by atoms with Crippen molar-refractivity contribution < 1.29 is 23.1 Å². The fourth-order valence-electron chi connectivity index (χ4n) is 1.43. The van der Waals surface area contributed by atoms with Crippen LogP contribution in [0.5, 0.6) is 0 Å². The van der Waals surface area contributed by atoms with E-state index in [2.05, 4.69) is 5.10 Å². The molecule has 0 aliphatic heterocycles. The van der Waals surface area contributed by atoms with Gasteiger partial charge in [-0.05, 0) is 0 Å².